The van der Waals surface area contributed by atoms with Gasteiger partial charge in [0.2, 0.25) is 0 Å². The maximum absolute atomic E-state index is 10.9. The first-order valence-corrected chi connectivity index (χ1v) is 8.96. The Hall–Kier alpha value is 0.290. The summed E-state index contributed by atoms with van der Waals surface area (Å²) in [7, 11) is -2.86. The first-order valence-electron chi connectivity index (χ1n) is 4.58. The van der Waals surface area contributed by atoms with E-state index in [0.717, 1.165) is 15.8 Å². The normalized spacial score (nSPS) is 11.7. The molecule has 0 heterocycles. The van der Waals surface area contributed by atoms with Gasteiger partial charge in [0.1, 0.15) is 9.84 Å². The fourth-order valence-corrected chi connectivity index (χ4v) is 4.15. The minimum Gasteiger partial charge on any atom is -0.229 e. The summed E-state index contributed by atoms with van der Waals surface area (Å²) in [5, 5.41) is 0.709. The molecule has 0 aliphatic heterocycles. The summed E-state index contributed by atoms with van der Waals surface area (Å²) in [6.45, 7) is 0. The van der Waals surface area contributed by atoms with Crippen LogP contribution in [0.4, 0.5) is 0 Å². The molecule has 90 valence electrons. The molecule has 0 aliphatic rings. The molecule has 0 atom stereocenters. The zero-order chi connectivity index (χ0) is 12.2. The summed E-state index contributed by atoms with van der Waals surface area (Å²) in [6.07, 6.45) is 1.25. The maximum atomic E-state index is 10.9. The lowest BCUT2D eigenvalue weighted by molar-refractivity contribution is 0.603. The zero-order valence-corrected chi connectivity index (χ0v) is 12.7. The molecule has 1 aromatic carbocycles. The highest BCUT2D eigenvalue weighted by Gasteiger charge is 2.04. The second kappa shape index (κ2) is 6.28. The van der Waals surface area contributed by atoms with Crippen molar-refractivity contribution >= 4 is 49.1 Å². The Labute approximate surface area is 114 Å². The van der Waals surface area contributed by atoms with Crippen LogP contribution >= 0.6 is 39.3 Å². The van der Waals surface area contributed by atoms with Crippen LogP contribution in [-0.4, -0.2) is 26.2 Å². The van der Waals surface area contributed by atoms with Crippen molar-refractivity contribution in [3.8, 4) is 0 Å². The van der Waals surface area contributed by atoms with E-state index in [1.165, 1.54) is 6.26 Å². The molecule has 0 saturated heterocycles. The topological polar surface area (TPSA) is 34.1 Å². The van der Waals surface area contributed by atoms with Crippen molar-refractivity contribution in [3.05, 3.63) is 33.3 Å². The van der Waals surface area contributed by atoms with Gasteiger partial charge < -0.3 is 0 Å². The molecule has 0 N–H and O–H groups in total. The largest absolute Gasteiger partial charge is 0.229 e. The van der Waals surface area contributed by atoms with Crippen molar-refractivity contribution in [3.63, 3.8) is 0 Å². The molecule has 0 unspecified atom stereocenters. The van der Waals surface area contributed by atoms with Crippen molar-refractivity contribution in [2.45, 2.75) is 5.75 Å². The molecule has 1 rings (SSSR count). The van der Waals surface area contributed by atoms with Gasteiger partial charge in [-0.15, -0.1) is 0 Å². The van der Waals surface area contributed by atoms with E-state index >= 15 is 0 Å². The van der Waals surface area contributed by atoms with Gasteiger partial charge in [0, 0.05) is 27.3 Å². The van der Waals surface area contributed by atoms with Crippen molar-refractivity contribution in [1.29, 1.82) is 0 Å². The van der Waals surface area contributed by atoms with Gasteiger partial charge in [0.25, 0.3) is 0 Å². The van der Waals surface area contributed by atoms with Crippen LogP contribution in [0.1, 0.15) is 5.56 Å². The number of sulfone groups is 1. The smallest absolute Gasteiger partial charge is 0.148 e. The lowest BCUT2D eigenvalue weighted by Crippen LogP contribution is -2.05. The van der Waals surface area contributed by atoms with Crippen LogP contribution in [0, 0.1) is 0 Å². The van der Waals surface area contributed by atoms with Gasteiger partial charge in [-0.2, -0.15) is 11.8 Å². The minimum absolute atomic E-state index is 0.214. The van der Waals surface area contributed by atoms with Crippen molar-refractivity contribution < 1.29 is 8.42 Å². The number of hydrogen-bond acceptors (Lipinski definition) is 3. The molecule has 16 heavy (non-hydrogen) atoms. The van der Waals surface area contributed by atoms with Gasteiger partial charge in [-0.1, -0.05) is 33.6 Å². The van der Waals surface area contributed by atoms with E-state index in [0.29, 0.717) is 10.8 Å². The van der Waals surface area contributed by atoms with Crippen LogP contribution in [0.5, 0.6) is 0 Å². The fraction of sp³-hybridized carbons (Fsp3) is 0.400. The first kappa shape index (κ1) is 14.4. The van der Waals surface area contributed by atoms with Gasteiger partial charge in [0.05, 0.1) is 5.75 Å². The molecule has 6 heteroatoms. The third kappa shape index (κ3) is 5.57. The van der Waals surface area contributed by atoms with Crippen LogP contribution in [0.3, 0.4) is 0 Å². The van der Waals surface area contributed by atoms with E-state index in [4.69, 9.17) is 11.6 Å². The number of halogens is 2. The van der Waals surface area contributed by atoms with E-state index in [2.05, 4.69) is 15.9 Å². The van der Waals surface area contributed by atoms with Crippen LogP contribution < -0.4 is 0 Å². The van der Waals surface area contributed by atoms with Crippen LogP contribution in [-0.2, 0) is 15.6 Å². The first-order chi connectivity index (χ1) is 7.38. The van der Waals surface area contributed by atoms with E-state index < -0.39 is 9.84 Å². The Balaban J connectivity index is 2.43. The highest BCUT2D eigenvalue weighted by Crippen LogP contribution is 2.24. The van der Waals surface area contributed by atoms with Crippen molar-refractivity contribution in [2.75, 3.05) is 17.8 Å². The number of hydrogen-bond donors (Lipinski definition) is 0. The number of rotatable bonds is 5. The molecule has 0 saturated carbocycles. The predicted octanol–water partition coefficient (Wildman–Crippen LogP) is 3.38. The molecular weight excluding hydrogens is 332 g/mol. The van der Waals surface area contributed by atoms with Crippen LogP contribution in [0.15, 0.2) is 22.7 Å². The Kier molecular flexibility index (Phi) is 5.64. The average Bonchev–Trinajstić information content (AvgIpc) is 2.13. The highest BCUT2D eigenvalue weighted by atomic mass is 79.9. The summed E-state index contributed by atoms with van der Waals surface area (Å²) in [4.78, 5) is 0. The second-order valence-electron chi connectivity index (χ2n) is 3.42. The van der Waals surface area contributed by atoms with Gasteiger partial charge in [0.15, 0.2) is 0 Å². The Morgan fingerprint density at radius 1 is 1.44 bits per heavy atom. The summed E-state index contributed by atoms with van der Waals surface area (Å²) in [5.74, 6) is 1.55. The summed E-state index contributed by atoms with van der Waals surface area (Å²) in [6, 6.07) is 5.71. The molecule has 0 aliphatic carbocycles. The lowest BCUT2D eigenvalue weighted by atomic mass is 10.2. The van der Waals surface area contributed by atoms with Crippen LogP contribution in [0.25, 0.3) is 0 Å². The SMILES string of the molecule is CS(=O)(=O)CCSCc1ccc(Br)cc1Cl. The van der Waals surface area contributed by atoms with Crippen molar-refractivity contribution in [2.24, 2.45) is 0 Å². The molecule has 1 aromatic rings. The lowest BCUT2D eigenvalue weighted by Gasteiger charge is -2.04. The minimum atomic E-state index is -2.86. The van der Waals surface area contributed by atoms with E-state index in [-0.39, 0.29) is 5.75 Å². The molecule has 0 aromatic heterocycles. The van der Waals surface area contributed by atoms with Gasteiger partial charge in [-0.3, -0.25) is 0 Å². The maximum Gasteiger partial charge on any atom is 0.148 e. The molecular formula is C10H12BrClO2S2. The van der Waals surface area contributed by atoms with E-state index in [1.54, 1.807) is 11.8 Å². The molecule has 0 radical (unpaired) electrons. The van der Waals surface area contributed by atoms with Crippen LogP contribution in [0.2, 0.25) is 5.02 Å². The summed E-state index contributed by atoms with van der Waals surface area (Å²) >= 11 is 10.9. The Bertz CT molecular complexity index is 460. The predicted molar refractivity (Wildman–Crippen MR) is 75.0 cm³/mol. The molecule has 0 spiro atoms. The summed E-state index contributed by atoms with van der Waals surface area (Å²) < 4.78 is 22.8. The third-order valence-corrected chi connectivity index (χ3v) is 4.93. The fourth-order valence-electron chi connectivity index (χ4n) is 1.03. The third-order valence-electron chi connectivity index (χ3n) is 1.87. The van der Waals surface area contributed by atoms with Gasteiger partial charge in [-0.25, -0.2) is 8.42 Å². The van der Waals surface area contributed by atoms with Gasteiger partial charge >= 0.3 is 0 Å². The highest BCUT2D eigenvalue weighted by molar-refractivity contribution is 9.10. The number of thioether (sulfide) groups is 1. The van der Waals surface area contributed by atoms with Crippen molar-refractivity contribution in [1.82, 2.24) is 0 Å². The molecule has 0 amide bonds. The van der Waals surface area contributed by atoms with Gasteiger partial charge in [-0.05, 0) is 17.7 Å². The summed E-state index contributed by atoms with van der Waals surface area (Å²) in [5.41, 5.74) is 1.03. The monoisotopic (exact) mass is 342 g/mol. The zero-order valence-electron chi connectivity index (χ0n) is 8.74. The molecule has 2 nitrogen and oxygen atoms in total. The average molecular weight is 344 g/mol. The quantitative estimate of drug-likeness (QED) is 0.769. The molecule has 0 fully saturated rings. The molecule has 0 bridgehead atoms. The Morgan fingerprint density at radius 2 is 2.12 bits per heavy atom. The number of benzene rings is 1. The standard InChI is InChI=1S/C10H12BrClO2S2/c1-16(13,14)5-4-15-7-8-2-3-9(11)6-10(8)12/h2-3,6H,4-5,7H2,1H3. The Morgan fingerprint density at radius 3 is 2.69 bits per heavy atom. The van der Waals surface area contributed by atoms with E-state index in [9.17, 15) is 8.42 Å². The second-order valence-corrected chi connectivity index (χ2v) is 8.11. The van der Waals surface area contributed by atoms with E-state index in [1.807, 2.05) is 18.2 Å².